The minimum Gasteiger partial charge on any atom is -0.462 e. The molecule has 0 aromatic heterocycles. The minimum absolute atomic E-state index is 0.0242. The Labute approximate surface area is 74.2 Å². The molecule has 0 bridgehead atoms. The SMILES string of the molecule is C=CCN1COC=N/C1=N\[N+](=O)[O-]. The Hall–Kier alpha value is -1.92. The van der Waals surface area contributed by atoms with Crippen LogP contribution in [-0.4, -0.2) is 35.6 Å². The van der Waals surface area contributed by atoms with Gasteiger partial charge >= 0.3 is 5.96 Å². The third kappa shape index (κ3) is 2.55. The van der Waals surface area contributed by atoms with Crippen molar-refractivity contribution in [2.75, 3.05) is 13.3 Å². The van der Waals surface area contributed by atoms with Crippen LogP contribution in [0.1, 0.15) is 0 Å². The highest BCUT2D eigenvalue weighted by Crippen LogP contribution is 1.99. The Balaban J connectivity index is 2.77. The summed E-state index contributed by atoms with van der Waals surface area (Å²) in [6, 6.07) is 0. The Bertz CT molecular complexity index is 273. The lowest BCUT2D eigenvalue weighted by Crippen LogP contribution is -2.35. The molecule has 0 N–H and O–H groups in total. The van der Waals surface area contributed by atoms with Crippen molar-refractivity contribution >= 4 is 12.4 Å². The predicted octanol–water partition coefficient (Wildman–Crippen LogP) is 0.0381. The van der Waals surface area contributed by atoms with Crippen LogP contribution >= 0.6 is 0 Å². The summed E-state index contributed by atoms with van der Waals surface area (Å²) in [6.07, 6.45) is 2.71. The van der Waals surface area contributed by atoms with Gasteiger partial charge in [-0.05, 0) is 0 Å². The number of aliphatic imine (C=N–C) groups is 1. The van der Waals surface area contributed by atoms with E-state index in [1.165, 1.54) is 4.90 Å². The van der Waals surface area contributed by atoms with Gasteiger partial charge in [-0.1, -0.05) is 6.08 Å². The summed E-state index contributed by atoms with van der Waals surface area (Å²) >= 11 is 0. The Morgan fingerprint density at radius 2 is 2.77 bits per heavy atom. The van der Waals surface area contributed by atoms with E-state index in [9.17, 15) is 10.1 Å². The van der Waals surface area contributed by atoms with Crippen LogP contribution in [0, 0.1) is 10.1 Å². The molecule has 1 rings (SSSR count). The van der Waals surface area contributed by atoms with Crippen molar-refractivity contribution < 1.29 is 9.77 Å². The Morgan fingerprint density at radius 1 is 2.00 bits per heavy atom. The summed E-state index contributed by atoms with van der Waals surface area (Å²) in [6.45, 7) is 4.10. The molecular formula is C6H8N4O3. The summed E-state index contributed by atoms with van der Waals surface area (Å²) in [5, 5.41) is 12.3. The number of nitro groups is 1. The number of rotatable bonds is 3. The topological polar surface area (TPSA) is 80.3 Å². The van der Waals surface area contributed by atoms with E-state index in [-0.39, 0.29) is 12.7 Å². The fraction of sp³-hybridized carbons (Fsp3) is 0.333. The second-order valence-corrected chi connectivity index (χ2v) is 2.18. The van der Waals surface area contributed by atoms with Gasteiger partial charge in [-0.3, -0.25) is 4.90 Å². The average Bonchev–Trinajstić information content (AvgIpc) is 2.08. The van der Waals surface area contributed by atoms with Gasteiger partial charge in [0.05, 0.1) is 0 Å². The van der Waals surface area contributed by atoms with E-state index < -0.39 is 5.03 Å². The maximum atomic E-state index is 10.1. The number of nitrogens with zero attached hydrogens (tertiary/aromatic N) is 4. The lowest BCUT2D eigenvalue weighted by atomic mass is 10.5. The van der Waals surface area contributed by atoms with Gasteiger partial charge in [-0.25, -0.2) is 10.1 Å². The second kappa shape index (κ2) is 4.19. The first-order chi connectivity index (χ1) is 6.24. The molecule has 0 aliphatic carbocycles. The van der Waals surface area contributed by atoms with Gasteiger partial charge in [0.25, 0.3) is 0 Å². The molecule has 1 aliphatic heterocycles. The molecule has 0 fully saturated rings. The number of hydrazone groups is 1. The first-order valence-corrected chi connectivity index (χ1v) is 3.47. The quantitative estimate of drug-likeness (QED) is 0.352. The lowest BCUT2D eigenvalue weighted by molar-refractivity contribution is -0.485. The molecule has 0 atom stereocenters. The predicted molar refractivity (Wildman–Crippen MR) is 45.8 cm³/mol. The highest BCUT2D eigenvalue weighted by Gasteiger charge is 2.16. The molecule has 0 spiro atoms. The number of hydrogen-bond acceptors (Lipinski definition) is 3. The number of guanidine groups is 1. The van der Waals surface area contributed by atoms with Crippen LogP contribution in [0.25, 0.3) is 0 Å². The summed E-state index contributed by atoms with van der Waals surface area (Å²) in [5.74, 6) is 0.0242. The average molecular weight is 184 g/mol. The van der Waals surface area contributed by atoms with Gasteiger partial charge in [-0.15, -0.1) is 6.58 Å². The van der Waals surface area contributed by atoms with Gasteiger partial charge < -0.3 is 4.74 Å². The minimum atomic E-state index is -0.798. The fourth-order valence-corrected chi connectivity index (χ4v) is 0.799. The van der Waals surface area contributed by atoms with Crippen molar-refractivity contribution in [3.63, 3.8) is 0 Å². The first kappa shape index (κ1) is 9.17. The first-order valence-electron chi connectivity index (χ1n) is 3.47. The standard InChI is InChI=1S/C6H8N4O3/c1-2-3-9-5-13-4-7-6(9)8-10(11)12/h2,4H,1,3,5H2/b8-6+. The molecule has 1 heterocycles. The van der Waals surface area contributed by atoms with Crippen LogP contribution < -0.4 is 0 Å². The molecule has 13 heavy (non-hydrogen) atoms. The van der Waals surface area contributed by atoms with Gasteiger partial charge in [0.15, 0.2) is 18.2 Å². The van der Waals surface area contributed by atoms with E-state index in [0.29, 0.717) is 6.54 Å². The number of hydrogen-bond donors (Lipinski definition) is 0. The molecular weight excluding hydrogens is 176 g/mol. The van der Waals surface area contributed by atoms with Crippen molar-refractivity contribution in [3.05, 3.63) is 22.8 Å². The zero-order valence-electron chi connectivity index (χ0n) is 6.79. The van der Waals surface area contributed by atoms with Crippen LogP contribution in [0.4, 0.5) is 0 Å². The third-order valence-corrected chi connectivity index (χ3v) is 1.28. The third-order valence-electron chi connectivity index (χ3n) is 1.28. The highest BCUT2D eigenvalue weighted by atomic mass is 16.7. The van der Waals surface area contributed by atoms with E-state index in [1.807, 2.05) is 0 Å². The van der Waals surface area contributed by atoms with Crippen molar-refractivity contribution in [1.82, 2.24) is 4.90 Å². The molecule has 0 aromatic rings. The van der Waals surface area contributed by atoms with Crippen LogP contribution in [0.2, 0.25) is 0 Å². The lowest BCUT2D eigenvalue weighted by Gasteiger charge is -2.21. The molecule has 0 saturated heterocycles. The van der Waals surface area contributed by atoms with E-state index in [0.717, 1.165) is 6.40 Å². The van der Waals surface area contributed by atoms with Crippen LogP contribution in [0.3, 0.4) is 0 Å². The van der Waals surface area contributed by atoms with Crippen molar-refractivity contribution in [3.8, 4) is 0 Å². The largest absolute Gasteiger partial charge is 0.462 e. The van der Waals surface area contributed by atoms with E-state index in [1.54, 1.807) is 6.08 Å². The summed E-state index contributed by atoms with van der Waals surface area (Å²) < 4.78 is 4.83. The van der Waals surface area contributed by atoms with Crippen LogP contribution in [-0.2, 0) is 4.74 Å². The smallest absolute Gasteiger partial charge is 0.303 e. The van der Waals surface area contributed by atoms with E-state index >= 15 is 0 Å². The van der Waals surface area contributed by atoms with Crippen molar-refractivity contribution in [2.45, 2.75) is 0 Å². The summed E-state index contributed by atoms with van der Waals surface area (Å²) in [5.41, 5.74) is 0. The summed E-state index contributed by atoms with van der Waals surface area (Å²) in [7, 11) is 0. The zero-order chi connectivity index (χ0) is 9.68. The summed E-state index contributed by atoms with van der Waals surface area (Å²) in [4.78, 5) is 15.2. The van der Waals surface area contributed by atoms with Crippen molar-refractivity contribution in [2.24, 2.45) is 10.1 Å². The van der Waals surface area contributed by atoms with Gasteiger partial charge in [0, 0.05) is 6.54 Å². The van der Waals surface area contributed by atoms with Gasteiger partial charge in [-0.2, -0.15) is 4.99 Å². The molecule has 0 radical (unpaired) electrons. The molecule has 7 nitrogen and oxygen atoms in total. The molecule has 7 heteroatoms. The molecule has 0 amide bonds. The van der Waals surface area contributed by atoms with E-state index in [4.69, 9.17) is 4.74 Å². The van der Waals surface area contributed by atoms with Crippen molar-refractivity contribution in [1.29, 1.82) is 0 Å². The Kier molecular flexibility index (Phi) is 2.96. The van der Waals surface area contributed by atoms with E-state index in [2.05, 4.69) is 16.7 Å². The zero-order valence-corrected chi connectivity index (χ0v) is 6.79. The molecule has 0 aromatic carbocycles. The number of ether oxygens (including phenoxy) is 1. The maximum absolute atomic E-state index is 10.1. The highest BCUT2D eigenvalue weighted by molar-refractivity contribution is 5.87. The molecule has 1 aliphatic rings. The van der Waals surface area contributed by atoms with Gasteiger partial charge in [0.1, 0.15) is 5.10 Å². The maximum Gasteiger partial charge on any atom is 0.303 e. The Morgan fingerprint density at radius 3 is 3.38 bits per heavy atom. The van der Waals surface area contributed by atoms with Crippen LogP contribution in [0.15, 0.2) is 22.7 Å². The molecule has 70 valence electrons. The van der Waals surface area contributed by atoms with Gasteiger partial charge in [0.2, 0.25) is 0 Å². The second-order valence-electron chi connectivity index (χ2n) is 2.18. The molecule has 0 saturated carbocycles. The molecule has 0 unspecified atom stereocenters. The fourth-order valence-electron chi connectivity index (χ4n) is 0.799. The van der Waals surface area contributed by atoms with Crippen LogP contribution in [0.5, 0.6) is 0 Å². The monoisotopic (exact) mass is 184 g/mol. The normalized spacial score (nSPS) is 18.5.